The van der Waals surface area contributed by atoms with E-state index in [0.717, 1.165) is 16.5 Å². The second-order valence-electron chi connectivity index (χ2n) is 4.41. The Balaban J connectivity index is 1.89. The molecule has 5 heteroatoms. The first-order valence-corrected chi connectivity index (χ1v) is 6.57. The number of methoxy groups -OCH3 is 1. The molecule has 108 valence electrons. The molecule has 0 aliphatic carbocycles. The van der Waals surface area contributed by atoms with Gasteiger partial charge >= 0.3 is 0 Å². The van der Waals surface area contributed by atoms with Crippen molar-refractivity contribution in [3.63, 3.8) is 0 Å². The number of aryl methyl sites for hydroxylation is 1. The van der Waals surface area contributed by atoms with Crippen LogP contribution in [0.15, 0.2) is 28.7 Å². The van der Waals surface area contributed by atoms with Gasteiger partial charge in [0, 0.05) is 24.6 Å². The molecule has 2 aromatic rings. The number of furan rings is 1. The fourth-order valence-corrected chi connectivity index (χ4v) is 1.95. The zero-order valence-corrected chi connectivity index (χ0v) is 11.8. The number of benzene rings is 1. The van der Waals surface area contributed by atoms with Crippen molar-refractivity contribution in [2.75, 3.05) is 33.5 Å². The summed E-state index contributed by atoms with van der Waals surface area (Å²) in [4.78, 5) is 12.0. The van der Waals surface area contributed by atoms with Crippen molar-refractivity contribution in [1.82, 2.24) is 5.32 Å². The van der Waals surface area contributed by atoms with Crippen molar-refractivity contribution in [2.45, 2.75) is 6.92 Å². The maximum absolute atomic E-state index is 12.0. The number of rotatable bonds is 7. The number of para-hydroxylation sites is 1. The smallest absolute Gasteiger partial charge is 0.287 e. The van der Waals surface area contributed by atoms with E-state index in [0.29, 0.717) is 32.1 Å². The number of fused-ring (bicyclic) bond motifs is 1. The van der Waals surface area contributed by atoms with Crippen LogP contribution in [-0.4, -0.2) is 39.4 Å². The number of amides is 1. The molecule has 0 aliphatic rings. The Morgan fingerprint density at radius 1 is 1.25 bits per heavy atom. The van der Waals surface area contributed by atoms with Crippen LogP contribution < -0.4 is 5.32 Å². The van der Waals surface area contributed by atoms with E-state index < -0.39 is 0 Å². The van der Waals surface area contributed by atoms with Crippen LogP contribution in [0, 0.1) is 6.92 Å². The van der Waals surface area contributed by atoms with Crippen molar-refractivity contribution < 1.29 is 18.7 Å². The lowest BCUT2D eigenvalue weighted by Gasteiger charge is -2.05. The maximum atomic E-state index is 12.0. The number of hydrogen-bond acceptors (Lipinski definition) is 4. The lowest BCUT2D eigenvalue weighted by Crippen LogP contribution is -2.27. The van der Waals surface area contributed by atoms with E-state index in [-0.39, 0.29) is 5.91 Å². The predicted molar refractivity (Wildman–Crippen MR) is 76.0 cm³/mol. The molecular weight excluding hydrogens is 258 g/mol. The van der Waals surface area contributed by atoms with Crippen molar-refractivity contribution in [2.24, 2.45) is 0 Å². The summed E-state index contributed by atoms with van der Waals surface area (Å²) in [5.74, 6) is 0.150. The second kappa shape index (κ2) is 7.07. The minimum absolute atomic E-state index is 0.214. The number of hydrogen-bond donors (Lipinski definition) is 1. The molecule has 1 N–H and O–H groups in total. The van der Waals surface area contributed by atoms with E-state index in [9.17, 15) is 4.79 Å². The Hall–Kier alpha value is -1.85. The van der Waals surface area contributed by atoms with Gasteiger partial charge in [-0.05, 0) is 13.0 Å². The monoisotopic (exact) mass is 277 g/mol. The summed E-state index contributed by atoms with van der Waals surface area (Å²) in [6.07, 6.45) is 0. The zero-order chi connectivity index (χ0) is 14.4. The molecule has 20 heavy (non-hydrogen) atoms. The molecular formula is C15H19NO4. The highest BCUT2D eigenvalue weighted by atomic mass is 16.5. The second-order valence-corrected chi connectivity index (χ2v) is 4.41. The van der Waals surface area contributed by atoms with Gasteiger partial charge < -0.3 is 19.2 Å². The minimum atomic E-state index is -0.214. The maximum Gasteiger partial charge on any atom is 0.287 e. The summed E-state index contributed by atoms with van der Waals surface area (Å²) in [7, 11) is 1.62. The third-order valence-electron chi connectivity index (χ3n) is 3.01. The molecule has 0 unspecified atom stereocenters. The highest BCUT2D eigenvalue weighted by molar-refractivity contribution is 5.98. The predicted octanol–water partition coefficient (Wildman–Crippen LogP) is 2.13. The van der Waals surface area contributed by atoms with Gasteiger partial charge in [-0.3, -0.25) is 4.79 Å². The number of carbonyl (C=O) groups is 1. The van der Waals surface area contributed by atoms with Crippen LogP contribution in [0.4, 0.5) is 0 Å². The van der Waals surface area contributed by atoms with E-state index >= 15 is 0 Å². The standard InChI is InChI=1S/C15H19NO4/c1-11-12-5-3-4-6-13(12)20-14(11)15(17)16-7-8-19-10-9-18-2/h3-6H,7-10H2,1-2H3,(H,16,17). The molecule has 0 aliphatic heterocycles. The van der Waals surface area contributed by atoms with Crippen molar-refractivity contribution in [3.8, 4) is 0 Å². The molecule has 0 saturated carbocycles. The molecule has 1 aromatic heterocycles. The fourth-order valence-electron chi connectivity index (χ4n) is 1.95. The average Bonchev–Trinajstić information content (AvgIpc) is 2.80. The molecule has 0 bridgehead atoms. The average molecular weight is 277 g/mol. The molecule has 1 amide bonds. The van der Waals surface area contributed by atoms with E-state index in [4.69, 9.17) is 13.9 Å². The topological polar surface area (TPSA) is 60.7 Å². The van der Waals surface area contributed by atoms with E-state index in [1.54, 1.807) is 7.11 Å². The molecule has 0 fully saturated rings. The Morgan fingerprint density at radius 2 is 2.05 bits per heavy atom. The summed E-state index contributed by atoms with van der Waals surface area (Å²) in [6, 6.07) is 7.61. The summed E-state index contributed by atoms with van der Waals surface area (Å²) in [5.41, 5.74) is 1.59. The third-order valence-corrected chi connectivity index (χ3v) is 3.01. The van der Waals surface area contributed by atoms with Gasteiger partial charge in [0.05, 0.1) is 19.8 Å². The van der Waals surface area contributed by atoms with Crippen LogP contribution in [0.5, 0.6) is 0 Å². The fraction of sp³-hybridized carbons (Fsp3) is 0.400. The molecule has 0 saturated heterocycles. The molecule has 1 heterocycles. The first-order chi connectivity index (χ1) is 9.74. The Bertz CT molecular complexity index is 576. The van der Waals surface area contributed by atoms with E-state index in [1.165, 1.54) is 0 Å². The third kappa shape index (κ3) is 3.37. The summed E-state index contributed by atoms with van der Waals surface area (Å²) < 4.78 is 15.7. The van der Waals surface area contributed by atoms with E-state index in [1.807, 2.05) is 31.2 Å². The van der Waals surface area contributed by atoms with Gasteiger partial charge in [-0.25, -0.2) is 0 Å². The summed E-state index contributed by atoms with van der Waals surface area (Å²) >= 11 is 0. The SMILES string of the molecule is COCCOCCNC(=O)c1oc2ccccc2c1C. The Labute approximate surface area is 117 Å². The van der Waals surface area contributed by atoms with Crippen LogP contribution >= 0.6 is 0 Å². The normalized spacial score (nSPS) is 10.9. The quantitative estimate of drug-likeness (QED) is 0.788. The number of nitrogens with one attached hydrogen (secondary N) is 1. The molecule has 0 atom stereocenters. The molecule has 5 nitrogen and oxygen atoms in total. The highest BCUT2D eigenvalue weighted by Crippen LogP contribution is 2.24. The zero-order valence-electron chi connectivity index (χ0n) is 11.8. The van der Waals surface area contributed by atoms with Crippen LogP contribution in [0.2, 0.25) is 0 Å². The van der Waals surface area contributed by atoms with Crippen molar-refractivity contribution in [3.05, 3.63) is 35.6 Å². The van der Waals surface area contributed by atoms with Crippen LogP contribution in [0.25, 0.3) is 11.0 Å². The van der Waals surface area contributed by atoms with Crippen LogP contribution in [0.3, 0.4) is 0 Å². The molecule has 0 spiro atoms. The minimum Gasteiger partial charge on any atom is -0.451 e. The summed E-state index contributed by atoms with van der Waals surface area (Å²) in [6.45, 7) is 3.86. The first kappa shape index (κ1) is 14.6. The lowest BCUT2D eigenvalue weighted by atomic mass is 10.1. The van der Waals surface area contributed by atoms with Gasteiger partial charge in [-0.2, -0.15) is 0 Å². The van der Waals surface area contributed by atoms with Crippen LogP contribution in [-0.2, 0) is 9.47 Å². The highest BCUT2D eigenvalue weighted by Gasteiger charge is 2.16. The molecule has 1 aromatic carbocycles. The van der Waals surface area contributed by atoms with Crippen molar-refractivity contribution >= 4 is 16.9 Å². The Morgan fingerprint density at radius 3 is 2.80 bits per heavy atom. The van der Waals surface area contributed by atoms with Gasteiger partial charge in [-0.15, -0.1) is 0 Å². The number of ether oxygens (including phenoxy) is 2. The lowest BCUT2D eigenvalue weighted by molar-refractivity contribution is 0.0687. The molecule has 2 rings (SSSR count). The largest absolute Gasteiger partial charge is 0.451 e. The van der Waals surface area contributed by atoms with Gasteiger partial charge in [0.1, 0.15) is 5.58 Å². The van der Waals surface area contributed by atoms with Gasteiger partial charge in [0.25, 0.3) is 5.91 Å². The van der Waals surface area contributed by atoms with E-state index in [2.05, 4.69) is 5.32 Å². The summed E-state index contributed by atoms with van der Waals surface area (Å²) in [5, 5.41) is 3.75. The number of carbonyl (C=O) groups excluding carboxylic acids is 1. The van der Waals surface area contributed by atoms with Gasteiger partial charge in [0.15, 0.2) is 5.76 Å². The van der Waals surface area contributed by atoms with Crippen LogP contribution in [0.1, 0.15) is 16.1 Å². The van der Waals surface area contributed by atoms with Gasteiger partial charge in [-0.1, -0.05) is 18.2 Å². The van der Waals surface area contributed by atoms with Gasteiger partial charge in [0.2, 0.25) is 0 Å². The van der Waals surface area contributed by atoms with Crippen molar-refractivity contribution in [1.29, 1.82) is 0 Å². The first-order valence-electron chi connectivity index (χ1n) is 6.57. The molecule has 0 radical (unpaired) electrons. The Kier molecular flexibility index (Phi) is 5.15.